The van der Waals surface area contributed by atoms with Crippen molar-refractivity contribution in [3.8, 4) is 0 Å². The maximum Gasteiger partial charge on any atom is 0.223 e. The number of allylic oxidation sites excluding steroid dienone is 2. The first-order valence-corrected chi connectivity index (χ1v) is 6.20. The Morgan fingerprint density at radius 2 is 2.00 bits per heavy atom. The Hall–Kier alpha value is -1.29. The molecule has 0 aliphatic carbocycles. The van der Waals surface area contributed by atoms with Crippen LogP contribution in [0.15, 0.2) is 29.5 Å². The summed E-state index contributed by atoms with van der Waals surface area (Å²) in [5, 5.41) is 3.44. The number of nitrogens with one attached hydrogen (secondary N) is 1. The van der Waals surface area contributed by atoms with Crippen LogP contribution in [0.4, 0.5) is 0 Å². The lowest BCUT2D eigenvalue weighted by Gasteiger charge is -2.17. The van der Waals surface area contributed by atoms with Gasteiger partial charge in [0.1, 0.15) is 5.17 Å². The lowest BCUT2D eigenvalue weighted by atomic mass is 10.2. The number of amides is 1. The molecule has 2 atom stereocenters. The van der Waals surface area contributed by atoms with Crippen LogP contribution in [0.2, 0.25) is 0 Å². The fourth-order valence-corrected chi connectivity index (χ4v) is 1.50. The predicted octanol–water partition coefficient (Wildman–Crippen LogP) is 2.52. The first-order valence-electron chi connectivity index (χ1n) is 5.82. The van der Waals surface area contributed by atoms with E-state index in [0.717, 1.165) is 5.70 Å². The SMILES string of the molecule is C=CNC(C)[C@H](C)/N=C(Cl)\C=C(/C)N(C)C(C)=O. The number of carbonyl (C=O) groups excluding carboxylic acids is 1. The maximum absolute atomic E-state index is 11.2. The van der Waals surface area contributed by atoms with E-state index < -0.39 is 0 Å². The second-order valence-electron chi connectivity index (χ2n) is 4.22. The quantitative estimate of drug-likeness (QED) is 0.755. The largest absolute Gasteiger partial charge is 0.387 e. The van der Waals surface area contributed by atoms with Crippen molar-refractivity contribution in [1.29, 1.82) is 0 Å². The van der Waals surface area contributed by atoms with Crippen LogP contribution in [0.1, 0.15) is 27.7 Å². The zero-order valence-electron chi connectivity index (χ0n) is 11.7. The molecule has 0 aromatic carbocycles. The third-order valence-corrected chi connectivity index (χ3v) is 2.97. The van der Waals surface area contributed by atoms with E-state index in [-0.39, 0.29) is 18.0 Å². The van der Waals surface area contributed by atoms with Crippen LogP contribution in [0.3, 0.4) is 0 Å². The minimum absolute atomic E-state index is 0.0159. The van der Waals surface area contributed by atoms with Crippen LogP contribution >= 0.6 is 11.6 Å². The Morgan fingerprint density at radius 3 is 2.44 bits per heavy atom. The van der Waals surface area contributed by atoms with Crippen LogP contribution in [-0.2, 0) is 4.79 Å². The Bertz CT molecular complexity index is 363. The van der Waals surface area contributed by atoms with E-state index in [2.05, 4.69) is 16.9 Å². The Labute approximate surface area is 114 Å². The number of hydrogen-bond donors (Lipinski definition) is 1. The molecule has 1 unspecified atom stereocenters. The minimum Gasteiger partial charge on any atom is -0.387 e. The summed E-state index contributed by atoms with van der Waals surface area (Å²) in [6, 6.07) is 0.165. The van der Waals surface area contributed by atoms with Gasteiger partial charge in [0.15, 0.2) is 0 Å². The molecule has 1 N–H and O–H groups in total. The monoisotopic (exact) mass is 271 g/mol. The topological polar surface area (TPSA) is 44.7 Å². The second kappa shape index (κ2) is 7.93. The molecule has 0 aliphatic heterocycles. The first-order chi connectivity index (χ1) is 8.29. The van der Waals surface area contributed by atoms with E-state index in [0.29, 0.717) is 5.17 Å². The van der Waals surface area contributed by atoms with E-state index >= 15 is 0 Å². The van der Waals surface area contributed by atoms with Crippen LogP contribution in [0.25, 0.3) is 0 Å². The molecule has 0 radical (unpaired) electrons. The van der Waals surface area contributed by atoms with Gasteiger partial charge in [-0.2, -0.15) is 0 Å². The number of nitrogens with zero attached hydrogens (tertiary/aromatic N) is 2. The number of carbonyl (C=O) groups is 1. The molecular formula is C13H22ClN3O. The smallest absolute Gasteiger partial charge is 0.223 e. The number of rotatable bonds is 6. The fourth-order valence-electron chi connectivity index (χ4n) is 1.19. The van der Waals surface area contributed by atoms with Crippen molar-refractivity contribution in [2.24, 2.45) is 4.99 Å². The van der Waals surface area contributed by atoms with E-state index in [4.69, 9.17) is 11.6 Å². The van der Waals surface area contributed by atoms with Crippen LogP contribution in [-0.4, -0.2) is 35.1 Å². The van der Waals surface area contributed by atoms with Gasteiger partial charge in [0.25, 0.3) is 0 Å². The summed E-state index contributed by atoms with van der Waals surface area (Å²) >= 11 is 6.05. The van der Waals surface area contributed by atoms with Crippen LogP contribution in [0, 0.1) is 0 Å². The highest BCUT2D eigenvalue weighted by Gasteiger charge is 2.10. The molecular weight excluding hydrogens is 250 g/mol. The Kier molecular flexibility index (Phi) is 7.36. The van der Waals surface area contributed by atoms with Crippen LogP contribution < -0.4 is 5.32 Å². The van der Waals surface area contributed by atoms with Crippen molar-refractivity contribution in [1.82, 2.24) is 10.2 Å². The van der Waals surface area contributed by atoms with Crippen molar-refractivity contribution >= 4 is 22.7 Å². The molecule has 0 aromatic heterocycles. The zero-order chi connectivity index (χ0) is 14.3. The average Bonchev–Trinajstić information content (AvgIpc) is 2.27. The molecule has 0 bridgehead atoms. The van der Waals surface area contributed by atoms with E-state index in [1.54, 1.807) is 19.3 Å². The number of hydrogen-bond acceptors (Lipinski definition) is 3. The van der Waals surface area contributed by atoms with Gasteiger partial charge in [-0.15, -0.1) is 0 Å². The summed E-state index contributed by atoms with van der Waals surface area (Å²) in [4.78, 5) is 17.0. The highest BCUT2D eigenvalue weighted by molar-refractivity contribution is 6.68. The molecule has 0 heterocycles. The van der Waals surface area contributed by atoms with Crippen molar-refractivity contribution in [3.05, 3.63) is 24.6 Å². The van der Waals surface area contributed by atoms with Crippen LogP contribution in [0.5, 0.6) is 0 Å². The first kappa shape index (κ1) is 16.7. The van der Waals surface area contributed by atoms with Crippen molar-refractivity contribution < 1.29 is 4.79 Å². The van der Waals surface area contributed by atoms with Gasteiger partial charge in [0.05, 0.1) is 6.04 Å². The summed E-state index contributed by atoms with van der Waals surface area (Å²) in [7, 11) is 1.70. The molecule has 102 valence electrons. The van der Waals surface area contributed by atoms with E-state index in [9.17, 15) is 4.79 Å². The van der Waals surface area contributed by atoms with Gasteiger partial charge >= 0.3 is 0 Å². The molecule has 0 saturated heterocycles. The average molecular weight is 272 g/mol. The minimum atomic E-state index is -0.0389. The summed E-state index contributed by atoms with van der Waals surface area (Å²) < 4.78 is 0. The Balaban J connectivity index is 4.73. The maximum atomic E-state index is 11.2. The molecule has 0 aliphatic rings. The van der Waals surface area contributed by atoms with E-state index in [1.165, 1.54) is 11.8 Å². The molecule has 0 spiro atoms. The number of halogens is 1. The zero-order valence-corrected chi connectivity index (χ0v) is 12.5. The molecule has 0 saturated carbocycles. The normalized spacial score (nSPS) is 15.9. The van der Waals surface area contributed by atoms with Gasteiger partial charge in [-0.3, -0.25) is 9.79 Å². The molecule has 0 aromatic rings. The fraction of sp³-hybridized carbons (Fsp3) is 0.538. The molecule has 5 heteroatoms. The summed E-state index contributed by atoms with van der Waals surface area (Å²) in [5.74, 6) is -0.0389. The van der Waals surface area contributed by atoms with Gasteiger partial charge in [-0.05, 0) is 33.0 Å². The van der Waals surface area contributed by atoms with Gasteiger partial charge < -0.3 is 10.2 Å². The van der Waals surface area contributed by atoms with E-state index in [1.807, 2.05) is 20.8 Å². The molecule has 0 fully saturated rings. The van der Waals surface area contributed by atoms with Crippen molar-refractivity contribution in [2.75, 3.05) is 7.05 Å². The lowest BCUT2D eigenvalue weighted by Crippen LogP contribution is -2.31. The standard InChI is InChI=1S/C13H22ClN3O/c1-7-15-10(3)11(4)16-13(14)8-9(2)17(6)12(5)18/h7-8,10-11,15H,1H2,2-6H3/b9-8+,16-13+/t10?,11-/m0/s1. The van der Waals surface area contributed by atoms with Gasteiger partial charge in [0, 0.05) is 25.7 Å². The second-order valence-corrected chi connectivity index (χ2v) is 4.60. The highest BCUT2D eigenvalue weighted by Crippen LogP contribution is 2.06. The highest BCUT2D eigenvalue weighted by atomic mass is 35.5. The van der Waals surface area contributed by atoms with Crippen molar-refractivity contribution in [2.45, 2.75) is 39.8 Å². The molecule has 1 amide bonds. The van der Waals surface area contributed by atoms with Gasteiger partial charge in [0.2, 0.25) is 5.91 Å². The third-order valence-electron chi connectivity index (χ3n) is 2.76. The summed E-state index contributed by atoms with van der Waals surface area (Å²) in [6.07, 6.45) is 3.31. The van der Waals surface area contributed by atoms with Crippen molar-refractivity contribution in [3.63, 3.8) is 0 Å². The number of aliphatic imine (C=N–C) groups is 1. The third kappa shape index (κ3) is 5.87. The molecule has 18 heavy (non-hydrogen) atoms. The van der Waals surface area contributed by atoms with Gasteiger partial charge in [-0.25, -0.2) is 0 Å². The summed E-state index contributed by atoms with van der Waals surface area (Å²) in [6.45, 7) is 10.9. The summed E-state index contributed by atoms with van der Waals surface area (Å²) in [5.41, 5.74) is 0.757. The lowest BCUT2D eigenvalue weighted by molar-refractivity contribution is -0.125. The Morgan fingerprint density at radius 1 is 1.44 bits per heavy atom. The molecule has 4 nitrogen and oxygen atoms in total. The predicted molar refractivity (Wildman–Crippen MR) is 77.7 cm³/mol. The molecule has 0 rings (SSSR count). The van der Waals surface area contributed by atoms with Gasteiger partial charge in [-0.1, -0.05) is 18.2 Å².